The monoisotopic (exact) mass is 315 g/mol. The van der Waals surface area contributed by atoms with Crippen LogP contribution in [0.4, 0.5) is 0 Å². The summed E-state index contributed by atoms with van der Waals surface area (Å²) in [6.07, 6.45) is 0. The van der Waals surface area contributed by atoms with Gasteiger partial charge in [-0.3, -0.25) is 0 Å². The highest BCUT2D eigenvalue weighted by molar-refractivity contribution is 9.10. The van der Waals surface area contributed by atoms with E-state index in [1.807, 2.05) is 37.3 Å². The second-order valence-electron chi connectivity index (χ2n) is 4.35. The molecule has 0 radical (unpaired) electrons. The maximum Gasteiger partial charge on any atom is 0.123 e. The highest BCUT2D eigenvalue weighted by Crippen LogP contribution is 2.28. The van der Waals surface area contributed by atoms with E-state index >= 15 is 0 Å². The maximum absolute atomic E-state index is 9.04. The van der Waals surface area contributed by atoms with Gasteiger partial charge in [0.25, 0.3) is 0 Å². The molecule has 0 aromatic heterocycles. The third-order valence-corrected chi connectivity index (χ3v) is 4.05. The van der Waals surface area contributed by atoms with E-state index in [9.17, 15) is 0 Å². The fourth-order valence-electron chi connectivity index (χ4n) is 1.83. The van der Waals surface area contributed by atoms with Gasteiger partial charge in [-0.1, -0.05) is 34.1 Å². The zero-order valence-corrected chi connectivity index (χ0v) is 12.5. The van der Waals surface area contributed by atoms with E-state index in [0.29, 0.717) is 12.2 Å². The zero-order chi connectivity index (χ0) is 13.8. The molecule has 0 spiro atoms. The Morgan fingerprint density at radius 3 is 2.58 bits per heavy atom. The Morgan fingerprint density at radius 1 is 1.11 bits per heavy atom. The lowest BCUT2D eigenvalue weighted by atomic mass is 10.1. The molecule has 0 aliphatic heterocycles. The largest absolute Gasteiger partial charge is 0.489 e. The Hall–Kier alpha value is -1.79. The molecular weight excluding hydrogens is 302 g/mol. The van der Waals surface area contributed by atoms with E-state index < -0.39 is 0 Å². The number of halogens is 1. The van der Waals surface area contributed by atoms with Crippen LogP contribution in [-0.4, -0.2) is 0 Å². The number of hydrogen-bond donors (Lipinski definition) is 0. The smallest absolute Gasteiger partial charge is 0.123 e. The first-order valence-corrected chi connectivity index (χ1v) is 6.79. The summed E-state index contributed by atoms with van der Waals surface area (Å²) in [5.41, 5.74) is 3.86. The van der Waals surface area contributed by atoms with E-state index in [4.69, 9.17) is 10.00 Å². The average molecular weight is 316 g/mol. The van der Waals surface area contributed by atoms with Crippen LogP contribution in [0.1, 0.15) is 22.3 Å². The third kappa shape index (κ3) is 2.97. The van der Waals surface area contributed by atoms with Gasteiger partial charge < -0.3 is 4.74 Å². The number of benzene rings is 2. The predicted octanol–water partition coefficient (Wildman–Crippen LogP) is 4.52. The van der Waals surface area contributed by atoms with Crippen molar-refractivity contribution >= 4 is 15.9 Å². The molecule has 2 aromatic carbocycles. The van der Waals surface area contributed by atoms with Crippen molar-refractivity contribution < 1.29 is 4.74 Å². The predicted molar refractivity (Wildman–Crippen MR) is 79.1 cm³/mol. The van der Waals surface area contributed by atoms with Gasteiger partial charge in [0, 0.05) is 10.0 Å². The maximum atomic E-state index is 9.04. The summed E-state index contributed by atoms with van der Waals surface area (Å²) in [4.78, 5) is 0. The van der Waals surface area contributed by atoms with Crippen LogP contribution in [-0.2, 0) is 6.61 Å². The molecule has 0 amide bonds. The number of nitrogens with zero attached hydrogens (tertiary/aromatic N) is 1. The summed E-state index contributed by atoms with van der Waals surface area (Å²) in [5.74, 6) is 0.855. The summed E-state index contributed by atoms with van der Waals surface area (Å²) in [7, 11) is 0. The Kier molecular flexibility index (Phi) is 4.24. The summed E-state index contributed by atoms with van der Waals surface area (Å²) < 4.78 is 6.91. The summed E-state index contributed by atoms with van der Waals surface area (Å²) in [6, 6.07) is 13.6. The molecule has 2 aromatic rings. The van der Waals surface area contributed by atoms with Crippen LogP contribution in [0.15, 0.2) is 40.9 Å². The Morgan fingerprint density at radius 2 is 1.84 bits per heavy atom. The first kappa shape index (κ1) is 13.6. The molecular formula is C16H14BrNO. The van der Waals surface area contributed by atoms with Crippen LogP contribution in [0.3, 0.4) is 0 Å². The van der Waals surface area contributed by atoms with E-state index in [2.05, 4.69) is 28.9 Å². The van der Waals surface area contributed by atoms with Crippen LogP contribution in [0.25, 0.3) is 0 Å². The number of nitriles is 1. The molecule has 0 fully saturated rings. The van der Waals surface area contributed by atoms with Crippen LogP contribution in [0.2, 0.25) is 0 Å². The number of hydrogen-bond acceptors (Lipinski definition) is 2. The molecule has 0 atom stereocenters. The van der Waals surface area contributed by atoms with Crippen LogP contribution in [0, 0.1) is 25.2 Å². The molecule has 0 saturated carbocycles. The van der Waals surface area contributed by atoms with Gasteiger partial charge in [0.1, 0.15) is 12.4 Å². The molecule has 2 nitrogen and oxygen atoms in total. The minimum Gasteiger partial charge on any atom is -0.489 e. The van der Waals surface area contributed by atoms with Crippen molar-refractivity contribution in [2.24, 2.45) is 0 Å². The molecule has 19 heavy (non-hydrogen) atoms. The van der Waals surface area contributed by atoms with Gasteiger partial charge in [0.2, 0.25) is 0 Å². The molecule has 0 N–H and O–H groups in total. The first-order chi connectivity index (χ1) is 9.13. The quantitative estimate of drug-likeness (QED) is 0.834. The van der Waals surface area contributed by atoms with E-state index in [0.717, 1.165) is 21.3 Å². The van der Waals surface area contributed by atoms with Gasteiger partial charge >= 0.3 is 0 Å². The number of ether oxygens (including phenoxy) is 1. The minimum atomic E-state index is 0.408. The topological polar surface area (TPSA) is 33.0 Å². The van der Waals surface area contributed by atoms with E-state index in [1.165, 1.54) is 5.56 Å². The molecule has 0 saturated heterocycles. The molecule has 0 aliphatic carbocycles. The standard InChI is InChI=1S/C16H14BrNO/c1-11-12(2)16(8-7-15(11)17)19-10-14-6-4-3-5-13(14)9-18/h3-8H,10H2,1-2H3. The van der Waals surface area contributed by atoms with Crippen LogP contribution < -0.4 is 4.74 Å². The van der Waals surface area contributed by atoms with Crippen molar-refractivity contribution in [3.8, 4) is 11.8 Å². The Labute approximate surface area is 121 Å². The average Bonchev–Trinajstić information content (AvgIpc) is 2.44. The fraction of sp³-hybridized carbons (Fsp3) is 0.188. The lowest BCUT2D eigenvalue weighted by Gasteiger charge is -2.12. The highest BCUT2D eigenvalue weighted by Gasteiger charge is 2.07. The zero-order valence-electron chi connectivity index (χ0n) is 10.9. The lowest BCUT2D eigenvalue weighted by molar-refractivity contribution is 0.303. The van der Waals surface area contributed by atoms with Gasteiger partial charge in [-0.15, -0.1) is 0 Å². The van der Waals surface area contributed by atoms with Gasteiger partial charge in [0.15, 0.2) is 0 Å². The second kappa shape index (κ2) is 5.90. The van der Waals surface area contributed by atoms with E-state index in [1.54, 1.807) is 6.07 Å². The summed E-state index contributed by atoms with van der Waals surface area (Å²) in [5, 5.41) is 9.04. The van der Waals surface area contributed by atoms with Gasteiger partial charge in [-0.05, 0) is 43.2 Å². The van der Waals surface area contributed by atoms with Crippen molar-refractivity contribution in [3.05, 3.63) is 63.1 Å². The van der Waals surface area contributed by atoms with Gasteiger partial charge in [0.05, 0.1) is 11.6 Å². The van der Waals surface area contributed by atoms with Crippen molar-refractivity contribution in [2.45, 2.75) is 20.5 Å². The van der Waals surface area contributed by atoms with Gasteiger partial charge in [-0.25, -0.2) is 0 Å². The SMILES string of the molecule is Cc1c(Br)ccc(OCc2ccccc2C#N)c1C. The molecule has 0 unspecified atom stereocenters. The molecule has 0 bridgehead atoms. The lowest BCUT2D eigenvalue weighted by Crippen LogP contribution is -2.00. The number of rotatable bonds is 3. The Bertz CT molecular complexity index is 644. The fourth-order valence-corrected chi connectivity index (χ4v) is 2.26. The third-order valence-electron chi connectivity index (χ3n) is 3.19. The van der Waals surface area contributed by atoms with Crippen molar-refractivity contribution in [1.29, 1.82) is 5.26 Å². The highest BCUT2D eigenvalue weighted by atomic mass is 79.9. The van der Waals surface area contributed by atoms with E-state index in [-0.39, 0.29) is 0 Å². The van der Waals surface area contributed by atoms with Crippen molar-refractivity contribution in [2.75, 3.05) is 0 Å². The molecule has 0 aliphatic rings. The molecule has 96 valence electrons. The molecule has 2 rings (SSSR count). The van der Waals surface area contributed by atoms with Crippen LogP contribution >= 0.6 is 15.9 Å². The molecule has 3 heteroatoms. The van der Waals surface area contributed by atoms with Crippen molar-refractivity contribution in [1.82, 2.24) is 0 Å². The normalized spacial score (nSPS) is 10.0. The molecule has 0 heterocycles. The Balaban J connectivity index is 2.20. The van der Waals surface area contributed by atoms with Gasteiger partial charge in [-0.2, -0.15) is 5.26 Å². The second-order valence-corrected chi connectivity index (χ2v) is 5.21. The van der Waals surface area contributed by atoms with Crippen LogP contribution in [0.5, 0.6) is 5.75 Å². The van der Waals surface area contributed by atoms with Crippen molar-refractivity contribution in [3.63, 3.8) is 0 Å². The minimum absolute atomic E-state index is 0.408. The summed E-state index contributed by atoms with van der Waals surface area (Å²) in [6.45, 7) is 4.49. The summed E-state index contributed by atoms with van der Waals surface area (Å²) >= 11 is 3.50. The first-order valence-electron chi connectivity index (χ1n) is 6.00.